The summed E-state index contributed by atoms with van der Waals surface area (Å²) in [5.74, 6) is 0.355. The molecule has 0 atom stereocenters. The minimum Gasteiger partial charge on any atom is -0.490 e. The van der Waals surface area contributed by atoms with Gasteiger partial charge in [0.2, 0.25) is 0 Å². The van der Waals surface area contributed by atoms with Crippen molar-refractivity contribution in [1.29, 1.82) is 5.26 Å². The summed E-state index contributed by atoms with van der Waals surface area (Å²) < 4.78 is 30.8. The summed E-state index contributed by atoms with van der Waals surface area (Å²) in [5, 5.41) is 12.5. The van der Waals surface area contributed by atoms with Crippen molar-refractivity contribution in [2.75, 3.05) is 11.9 Å². The van der Waals surface area contributed by atoms with Crippen LogP contribution < -0.4 is 19.5 Å². The van der Waals surface area contributed by atoms with E-state index in [2.05, 4.69) is 5.32 Å². The van der Waals surface area contributed by atoms with Gasteiger partial charge in [0.25, 0.3) is 5.91 Å². The van der Waals surface area contributed by atoms with E-state index >= 15 is 0 Å². The highest BCUT2D eigenvalue weighted by Crippen LogP contribution is 2.36. The van der Waals surface area contributed by atoms with E-state index in [9.17, 15) is 14.4 Å². The molecule has 0 aliphatic rings. The zero-order chi connectivity index (χ0) is 29.2. The Labute approximate surface area is 247 Å². The molecule has 0 radical (unpaired) electrons. The van der Waals surface area contributed by atoms with Crippen molar-refractivity contribution in [3.63, 3.8) is 0 Å². The third-order valence-corrected chi connectivity index (χ3v) is 6.29. The average Bonchev–Trinajstić information content (AvgIpc) is 2.97. The molecule has 0 unspecified atom stereocenters. The number of hydrogen-bond donors (Lipinski definition) is 1. The predicted octanol–water partition coefficient (Wildman–Crippen LogP) is 8.23. The van der Waals surface area contributed by atoms with E-state index in [1.807, 2.05) is 61.5 Å². The number of rotatable bonds is 11. The van der Waals surface area contributed by atoms with Crippen LogP contribution in [0.3, 0.4) is 0 Å². The Morgan fingerprint density at radius 2 is 1.56 bits per heavy atom. The zero-order valence-corrected chi connectivity index (χ0v) is 23.5. The molecular formula is C32H25Cl2FN2O4. The molecule has 9 heteroatoms. The van der Waals surface area contributed by atoms with Gasteiger partial charge in [0, 0.05) is 5.69 Å². The highest BCUT2D eigenvalue weighted by Gasteiger charge is 2.14. The standard InChI is InChI=1S/C32H25Cl2FN2O4/c1-2-39-30-17-22(8-13-29(30)40-19-21-6-4-3-5-7-21)20-41-31-27(33)15-23(16-28(31)34)14-24(18-36)32(38)37-26-11-9-25(35)10-12-26/h3-17H,2,19-20H2,1H3,(H,37,38)/b24-14+. The van der Waals surface area contributed by atoms with E-state index in [-0.39, 0.29) is 28.0 Å². The number of halogens is 3. The third-order valence-electron chi connectivity index (χ3n) is 5.73. The minimum absolute atomic E-state index is 0.150. The molecule has 0 spiro atoms. The molecule has 4 aromatic rings. The minimum atomic E-state index is -0.659. The molecule has 1 amide bonds. The second-order valence-electron chi connectivity index (χ2n) is 8.72. The SMILES string of the molecule is CCOc1cc(COc2c(Cl)cc(/C=C(\C#N)C(=O)Nc3ccc(F)cc3)cc2Cl)ccc1OCc1ccccc1. The molecule has 0 aliphatic carbocycles. The van der Waals surface area contributed by atoms with Gasteiger partial charge in [-0.05, 0) is 78.2 Å². The second-order valence-corrected chi connectivity index (χ2v) is 9.54. The molecule has 208 valence electrons. The van der Waals surface area contributed by atoms with E-state index in [1.54, 1.807) is 0 Å². The Morgan fingerprint density at radius 1 is 0.878 bits per heavy atom. The number of carbonyl (C=O) groups excluding carboxylic acids is 1. The summed E-state index contributed by atoms with van der Waals surface area (Å²) in [4.78, 5) is 12.5. The van der Waals surface area contributed by atoms with Crippen LogP contribution in [0.15, 0.2) is 90.5 Å². The van der Waals surface area contributed by atoms with Gasteiger partial charge in [0.05, 0.1) is 16.7 Å². The number of nitrogens with zero attached hydrogens (tertiary/aromatic N) is 1. The maximum atomic E-state index is 13.1. The molecular weight excluding hydrogens is 566 g/mol. The molecule has 0 saturated heterocycles. The third kappa shape index (κ3) is 8.24. The quantitative estimate of drug-likeness (QED) is 0.140. The summed E-state index contributed by atoms with van der Waals surface area (Å²) in [6.07, 6.45) is 1.35. The first-order valence-corrected chi connectivity index (χ1v) is 13.3. The number of nitrogens with one attached hydrogen (secondary N) is 1. The molecule has 1 N–H and O–H groups in total. The first kappa shape index (κ1) is 29.5. The van der Waals surface area contributed by atoms with Crippen LogP contribution in [0.1, 0.15) is 23.6 Å². The van der Waals surface area contributed by atoms with Crippen molar-refractivity contribution in [2.24, 2.45) is 0 Å². The van der Waals surface area contributed by atoms with Crippen LogP contribution in [0, 0.1) is 17.1 Å². The lowest BCUT2D eigenvalue weighted by molar-refractivity contribution is -0.112. The summed E-state index contributed by atoms with van der Waals surface area (Å²) in [6.45, 7) is 2.91. The lowest BCUT2D eigenvalue weighted by Crippen LogP contribution is -2.13. The number of hydrogen-bond acceptors (Lipinski definition) is 5. The number of nitriles is 1. The van der Waals surface area contributed by atoms with E-state index < -0.39 is 11.7 Å². The van der Waals surface area contributed by atoms with Gasteiger partial charge in [0.1, 0.15) is 30.7 Å². The van der Waals surface area contributed by atoms with E-state index in [1.165, 1.54) is 42.5 Å². The Balaban J connectivity index is 1.44. The fourth-order valence-corrected chi connectivity index (χ4v) is 4.38. The van der Waals surface area contributed by atoms with E-state index in [4.69, 9.17) is 37.4 Å². The Kier molecular flexibility index (Phi) is 10.2. The number of anilines is 1. The van der Waals surface area contributed by atoms with Crippen LogP contribution in [0.25, 0.3) is 6.08 Å². The monoisotopic (exact) mass is 590 g/mol. The van der Waals surface area contributed by atoms with Crippen molar-refractivity contribution in [3.8, 4) is 23.3 Å². The smallest absolute Gasteiger partial charge is 0.266 e. The van der Waals surface area contributed by atoms with Crippen molar-refractivity contribution in [3.05, 3.63) is 123 Å². The first-order chi connectivity index (χ1) is 19.9. The van der Waals surface area contributed by atoms with E-state index in [0.717, 1.165) is 11.1 Å². The lowest BCUT2D eigenvalue weighted by atomic mass is 10.1. The first-order valence-electron chi connectivity index (χ1n) is 12.6. The van der Waals surface area contributed by atoms with Crippen LogP contribution >= 0.6 is 23.2 Å². The van der Waals surface area contributed by atoms with Crippen molar-refractivity contribution < 1.29 is 23.4 Å². The molecule has 0 heterocycles. The number of amides is 1. The van der Waals surface area contributed by atoms with Crippen LogP contribution in [-0.2, 0) is 18.0 Å². The predicted molar refractivity (Wildman–Crippen MR) is 158 cm³/mol. The molecule has 0 aliphatic heterocycles. The van der Waals surface area contributed by atoms with Crippen molar-refractivity contribution >= 4 is 40.9 Å². The fourth-order valence-electron chi connectivity index (χ4n) is 3.77. The second kappa shape index (κ2) is 14.2. The summed E-state index contributed by atoms with van der Waals surface area (Å²) in [5.41, 5.74) is 2.44. The largest absolute Gasteiger partial charge is 0.490 e. The van der Waals surface area contributed by atoms with Gasteiger partial charge in [0.15, 0.2) is 17.2 Å². The summed E-state index contributed by atoms with van der Waals surface area (Å²) >= 11 is 12.9. The van der Waals surface area contributed by atoms with Gasteiger partial charge >= 0.3 is 0 Å². The molecule has 4 aromatic carbocycles. The van der Waals surface area contributed by atoms with Crippen LogP contribution in [-0.4, -0.2) is 12.5 Å². The molecule has 4 rings (SSSR count). The maximum absolute atomic E-state index is 13.1. The molecule has 0 saturated carbocycles. The number of benzene rings is 4. The topological polar surface area (TPSA) is 80.6 Å². The van der Waals surface area contributed by atoms with Crippen molar-refractivity contribution in [2.45, 2.75) is 20.1 Å². The molecule has 41 heavy (non-hydrogen) atoms. The summed E-state index contributed by atoms with van der Waals surface area (Å²) in [6, 6.07) is 25.5. The average molecular weight is 591 g/mol. The van der Waals surface area contributed by atoms with Gasteiger partial charge in [-0.1, -0.05) is 59.6 Å². The molecule has 0 fully saturated rings. The zero-order valence-electron chi connectivity index (χ0n) is 22.0. The van der Waals surface area contributed by atoms with Crippen LogP contribution in [0.2, 0.25) is 10.0 Å². The normalized spacial score (nSPS) is 11.0. The molecule has 0 bridgehead atoms. The van der Waals surface area contributed by atoms with Crippen LogP contribution in [0.4, 0.5) is 10.1 Å². The molecule has 0 aromatic heterocycles. The van der Waals surface area contributed by atoms with Gasteiger partial charge in [-0.25, -0.2) is 4.39 Å². The Hall–Kier alpha value is -4.51. The highest BCUT2D eigenvalue weighted by atomic mass is 35.5. The summed E-state index contributed by atoms with van der Waals surface area (Å²) in [7, 11) is 0. The highest BCUT2D eigenvalue weighted by molar-refractivity contribution is 6.37. The van der Waals surface area contributed by atoms with Gasteiger partial charge < -0.3 is 19.5 Å². The van der Waals surface area contributed by atoms with Gasteiger partial charge in [-0.3, -0.25) is 4.79 Å². The van der Waals surface area contributed by atoms with Crippen LogP contribution in [0.5, 0.6) is 17.2 Å². The number of ether oxygens (including phenoxy) is 3. The lowest BCUT2D eigenvalue weighted by Gasteiger charge is -2.15. The van der Waals surface area contributed by atoms with Gasteiger partial charge in [-0.15, -0.1) is 0 Å². The van der Waals surface area contributed by atoms with E-state index in [0.29, 0.717) is 36.0 Å². The Bertz CT molecular complexity index is 1560. The fraction of sp³-hybridized carbons (Fsp3) is 0.125. The maximum Gasteiger partial charge on any atom is 0.266 e. The van der Waals surface area contributed by atoms with Crippen molar-refractivity contribution in [1.82, 2.24) is 0 Å². The van der Waals surface area contributed by atoms with Gasteiger partial charge in [-0.2, -0.15) is 5.26 Å². The molecule has 6 nitrogen and oxygen atoms in total. The number of carbonyl (C=O) groups is 1. The Morgan fingerprint density at radius 3 is 2.22 bits per heavy atom.